The first-order valence-corrected chi connectivity index (χ1v) is 4.29. The normalized spacial score (nSPS) is 11.3. The molecule has 4 heteroatoms. The fraction of sp³-hybridized carbons (Fsp3) is 0. The molecular formula is C8H6N2OS. The number of hydrogen-bond donors (Lipinski definition) is 1. The number of oxime groups is 1. The van der Waals surface area contributed by atoms with Crippen LogP contribution in [-0.4, -0.2) is 16.4 Å². The zero-order valence-corrected chi connectivity index (χ0v) is 6.95. The number of hydrogen-bond acceptors (Lipinski definition) is 4. The van der Waals surface area contributed by atoms with Gasteiger partial charge < -0.3 is 5.21 Å². The van der Waals surface area contributed by atoms with E-state index in [4.69, 9.17) is 5.21 Å². The van der Waals surface area contributed by atoms with E-state index in [1.54, 1.807) is 17.5 Å². The molecule has 2 heterocycles. The first-order valence-electron chi connectivity index (χ1n) is 3.41. The molecule has 0 aliphatic rings. The minimum Gasteiger partial charge on any atom is -0.411 e. The highest BCUT2D eigenvalue weighted by Crippen LogP contribution is 2.18. The second kappa shape index (κ2) is 2.91. The Morgan fingerprint density at radius 2 is 2.50 bits per heavy atom. The predicted molar refractivity (Wildman–Crippen MR) is 49.0 cm³/mol. The molecule has 0 aromatic carbocycles. The molecule has 3 nitrogen and oxygen atoms in total. The van der Waals surface area contributed by atoms with Crippen LogP contribution < -0.4 is 0 Å². The molecular weight excluding hydrogens is 172 g/mol. The van der Waals surface area contributed by atoms with Crippen LogP contribution in [0, 0.1) is 0 Å². The maximum Gasteiger partial charge on any atom is 0.0810 e. The lowest BCUT2D eigenvalue weighted by Gasteiger charge is -1.90. The van der Waals surface area contributed by atoms with Gasteiger partial charge in [-0.15, -0.1) is 11.3 Å². The molecule has 0 aliphatic heterocycles. The molecule has 2 rings (SSSR count). The smallest absolute Gasteiger partial charge is 0.0810 e. The Hall–Kier alpha value is -1.42. The maximum atomic E-state index is 8.29. The first-order chi connectivity index (χ1) is 5.90. The van der Waals surface area contributed by atoms with Crippen LogP contribution in [0.25, 0.3) is 10.2 Å². The predicted octanol–water partition coefficient (Wildman–Crippen LogP) is 2.10. The van der Waals surface area contributed by atoms with Crippen LogP contribution in [0.5, 0.6) is 0 Å². The van der Waals surface area contributed by atoms with Crippen LogP contribution in [0.1, 0.15) is 5.56 Å². The van der Waals surface area contributed by atoms with Crippen LogP contribution in [-0.2, 0) is 0 Å². The number of thiophene rings is 1. The van der Waals surface area contributed by atoms with Crippen molar-refractivity contribution in [3.8, 4) is 0 Å². The Labute approximate surface area is 73.0 Å². The van der Waals surface area contributed by atoms with Crippen molar-refractivity contribution in [3.05, 3.63) is 29.3 Å². The lowest BCUT2D eigenvalue weighted by Crippen LogP contribution is -1.81. The lowest BCUT2D eigenvalue weighted by atomic mass is 10.3. The van der Waals surface area contributed by atoms with E-state index in [2.05, 4.69) is 10.1 Å². The lowest BCUT2D eigenvalue weighted by molar-refractivity contribution is 0.322. The van der Waals surface area contributed by atoms with Crippen LogP contribution in [0.2, 0.25) is 0 Å². The molecule has 12 heavy (non-hydrogen) atoms. The van der Waals surface area contributed by atoms with Crippen molar-refractivity contribution in [2.24, 2.45) is 5.16 Å². The molecule has 0 saturated carbocycles. The third-order valence-corrected chi connectivity index (χ3v) is 2.38. The minimum atomic E-state index is 0.812. The van der Waals surface area contributed by atoms with Crippen LogP contribution in [0.3, 0.4) is 0 Å². The largest absolute Gasteiger partial charge is 0.411 e. The van der Waals surface area contributed by atoms with Crippen molar-refractivity contribution >= 4 is 27.8 Å². The topological polar surface area (TPSA) is 45.5 Å². The molecule has 0 radical (unpaired) electrons. The molecule has 0 saturated heterocycles. The van der Waals surface area contributed by atoms with E-state index in [0.29, 0.717) is 0 Å². The monoisotopic (exact) mass is 178 g/mol. The number of nitrogens with zero attached hydrogens (tertiary/aromatic N) is 2. The van der Waals surface area contributed by atoms with Crippen molar-refractivity contribution < 1.29 is 5.21 Å². The zero-order valence-electron chi connectivity index (χ0n) is 6.14. The molecule has 0 spiro atoms. The molecule has 0 unspecified atom stereocenters. The van der Waals surface area contributed by atoms with Gasteiger partial charge in [0.25, 0.3) is 0 Å². The summed E-state index contributed by atoms with van der Waals surface area (Å²) in [6.07, 6.45) is 3.04. The fourth-order valence-electron chi connectivity index (χ4n) is 0.999. The van der Waals surface area contributed by atoms with Gasteiger partial charge in [-0.25, -0.2) is 0 Å². The molecule has 2 aromatic heterocycles. The highest BCUT2D eigenvalue weighted by molar-refractivity contribution is 7.17. The average Bonchev–Trinajstić information content (AvgIpc) is 2.51. The highest BCUT2D eigenvalue weighted by atomic mass is 32.1. The fourth-order valence-corrected chi connectivity index (χ4v) is 1.79. The molecule has 2 aromatic rings. The summed E-state index contributed by atoms with van der Waals surface area (Å²) < 4.78 is 1.10. The van der Waals surface area contributed by atoms with E-state index in [0.717, 1.165) is 15.8 Å². The summed E-state index contributed by atoms with van der Waals surface area (Å²) in [5.74, 6) is 0. The number of rotatable bonds is 1. The third kappa shape index (κ3) is 1.16. The molecule has 1 N–H and O–H groups in total. The quantitative estimate of drug-likeness (QED) is 0.413. The van der Waals surface area contributed by atoms with Crippen molar-refractivity contribution in [3.63, 3.8) is 0 Å². The first kappa shape index (κ1) is 7.24. The van der Waals surface area contributed by atoms with Crippen molar-refractivity contribution in [2.75, 3.05) is 0 Å². The number of pyridine rings is 1. The summed E-state index contributed by atoms with van der Waals surface area (Å²) in [4.78, 5) is 4.17. The Morgan fingerprint density at radius 3 is 3.33 bits per heavy atom. The molecule has 0 atom stereocenters. The van der Waals surface area contributed by atoms with Gasteiger partial charge in [0.2, 0.25) is 0 Å². The summed E-state index contributed by atoms with van der Waals surface area (Å²) in [7, 11) is 0. The van der Waals surface area contributed by atoms with Gasteiger partial charge in [-0.2, -0.15) is 0 Å². The molecule has 0 fully saturated rings. The van der Waals surface area contributed by atoms with Gasteiger partial charge in [0.1, 0.15) is 0 Å². The summed E-state index contributed by atoms with van der Waals surface area (Å²) >= 11 is 1.62. The van der Waals surface area contributed by atoms with Crippen LogP contribution in [0.15, 0.2) is 28.9 Å². The van der Waals surface area contributed by atoms with E-state index < -0.39 is 0 Å². The Bertz CT molecular complexity index is 422. The average molecular weight is 178 g/mol. The van der Waals surface area contributed by atoms with Gasteiger partial charge in [0.05, 0.1) is 16.4 Å². The molecule has 60 valence electrons. The third-order valence-electron chi connectivity index (χ3n) is 1.53. The summed E-state index contributed by atoms with van der Waals surface area (Å²) in [5, 5.41) is 13.2. The van der Waals surface area contributed by atoms with E-state index >= 15 is 0 Å². The molecule has 0 bridgehead atoms. The summed E-state index contributed by atoms with van der Waals surface area (Å²) in [6.45, 7) is 0. The van der Waals surface area contributed by atoms with Crippen molar-refractivity contribution in [1.82, 2.24) is 4.98 Å². The Kier molecular flexibility index (Phi) is 1.75. The van der Waals surface area contributed by atoms with Gasteiger partial charge >= 0.3 is 0 Å². The van der Waals surface area contributed by atoms with Crippen LogP contribution in [0.4, 0.5) is 0 Å². The molecule has 0 amide bonds. The van der Waals surface area contributed by atoms with E-state index in [-0.39, 0.29) is 0 Å². The van der Waals surface area contributed by atoms with Crippen molar-refractivity contribution in [1.29, 1.82) is 0 Å². The standard InChI is InChI=1S/C8H6N2OS/c11-10-5-6-3-8-7(9-4-6)1-2-12-8/h1-5,11H/b10-5+. The molecule has 0 aliphatic carbocycles. The SMILES string of the molecule is O/N=C/c1cnc2ccsc2c1. The Morgan fingerprint density at radius 1 is 1.58 bits per heavy atom. The van der Waals surface area contributed by atoms with Gasteiger partial charge in [-0.1, -0.05) is 5.16 Å². The zero-order chi connectivity index (χ0) is 8.39. The number of fused-ring (bicyclic) bond motifs is 1. The number of aromatic nitrogens is 1. The maximum absolute atomic E-state index is 8.29. The highest BCUT2D eigenvalue weighted by Gasteiger charge is 1.96. The van der Waals surface area contributed by atoms with Crippen LogP contribution >= 0.6 is 11.3 Å². The van der Waals surface area contributed by atoms with E-state index in [1.807, 2.05) is 17.5 Å². The van der Waals surface area contributed by atoms with Crippen molar-refractivity contribution in [2.45, 2.75) is 0 Å². The van der Waals surface area contributed by atoms with Gasteiger partial charge in [0.15, 0.2) is 0 Å². The second-order valence-corrected chi connectivity index (χ2v) is 3.26. The van der Waals surface area contributed by atoms with Gasteiger partial charge in [-0.05, 0) is 17.5 Å². The van der Waals surface area contributed by atoms with E-state index in [9.17, 15) is 0 Å². The Balaban J connectivity index is 2.60. The summed E-state index contributed by atoms with van der Waals surface area (Å²) in [5.41, 5.74) is 1.79. The second-order valence-electron chi connectivity index (χ2n) is 2.32. The minimum absolute atomic E-state index is 0.812. The van der Waals surface area contributed by atoms with E-state index in [1.165, 1.54) is 6.21 Å². The van der Waals surface area contributed by atoms with Gasteiger partial charge in [0, 0.05) is 11.8 Å². The summed E-state index contributed by atoms with van der Waals surface area (Å²) in [6, 6.07) is 3.90. The van der Waals surface area contributed by atoms with Gasteiger partial charge in [-0.3, -0.25) is 4.98 Å².